The molecule has 0 spiro atoms. The molecule has 1 amide bonds. The van der Waals surface area contributed by atoms with Crippen molar-refractivity contribution in [3.63, 3.8) is 0 Å². The summed E-state index contributed by atoms with van der Waals surface area (Å²) in [7, 11) is 0. The van der Waals surface area contributed by atoms with Crippen molar-refractivity contribution in [1.82, 2.24) is 9.78 Å². The second-order valence-electron chi connectivity index (χ2n) is 5.53. The van der Waals surface area contributed by atoms with Crippen molar-refractivity contribution in [2.75, 3.05) is 5.32 Å². The quantitative estimate of drug-likeness (QED) is 0.579. The molecule has 0 bridgehead atoms. The monoisotopic (exact) mass is 437 g/mol. The zero-order chi connectivity index (χ0) is 18.0. The minimum atomic E-state index is -0.207. The molecule has 0 fully saturated rings. The number of rotatable bonds is 4. The summed E-state index contributed by atoms with van der Waals surface area (Å²) in [5, 5.41) is 8.42. The largest absolute Gasteiger partial charge is 0.305 e. The van der Waals surface area contributed by atoms with E-state index < -0.39 is 0 Å². The van der Waals surface area contributed by atoms with Crippen molar-refractivity contribution in [3.8, 4) is 0 Å². The SMILES string of the molecule is Cc1cc(NC(=O)c2ccc(Br)cc2)nn1Cc1ccc(Cl)cc1Cl. The van der Waals surface area contributed by atoms with Crippen LogP contribution in [0.15, 0.2) is 53.0 Å². The summed E-state index contributed by atoms with van der Waals surface area (Å²) in [4.78, 5) is 12.3. The average molecular weight is 439 g/mol. The molecule has 0 unspecified atom stereocenters. The van der Waals surface area contributed by atoms with Gasteiger partial charge in [0.2, 0.25) is 0 Å². The van der Waals surface area contributed by atoms with Gasteiger partial charge in [-0.15, -0.1) is 0 Å². The Morgan fingerprint density at radius 2 is 1.88 bits per heavy atom. The summed E-state index contributed by atoms with van der Waals surface area (Å²) < 4.78 is 2.70. The Hall–Kier alpha value is -1.82. The van der Waals surface area contributed by atoms with Crippen LogP contribution in [0.3, 0.4) is 0 Å². The maximum Gasteiger partial charge on any atom is 0.256 e. The van der Waals surface area contributed by atoms with Crippen molar-refractivity contribution >= 4 is 50.9 Å². The zero-order valence-electron chi connectivity index (χ0n) is 13.3. The van der Waals surface area contributed by atoms with Crippen LogP contribution < -0.4 is 5.32 Å². The van der Waals surface area contributed by atoms with Gasteiger partial charge in [-0.3, -0.25) is 9.48 Å². The molecule has 1 N–H and O–H groups in total. The number of carbonyl (C=O) groups excluding carboxylic acids is 1. The topological polar surface area (TPSA) is 46.9 Å². The number of benzene rings is 2. The number of nitrogens with one attached hydrogen (secondary N) is 1. The summed E-state index contributed by atoms with van der Waals surface area (Å²) in [6.07, 6.45) is 0. The van der Waals surface area contributed by atoms with E-state index in [2.05, 4.69) is 26.3 Å². The standard InChI is InChI=1S/C18H14BrCl2N3O/c1-11-8-17(22-18(25)12-2-5-14(19)6-3-12)23-24(11)10-13-4-7-15(20)9-16(13)21/h2-9H,10H2,1H3,(H,22,23,25). The van der Waals surface area contributed by atoms with Crippen LogP contribution in [0.5, 0.6) is 0 Å². The van der Waals surface area contributed by atoms with Crippen molar-refractivity contribution in [2.24, 2.45) is 0 Å². The van der Waals surface area contributed by atoms with Crippen molar-refractivity contribution < 1.29 is 4.79 Å². The third-order valence-electron chi connectivity index (χ3n) is 3.66. The number of aryl methyl sites for hydroxylation is 1. The highest BCUT2D eigenvalue weighted by Crippen LogP contribution is 2.22. The lowest BCUT2D eigenvalue weighted by Gasteiger charge is -2.07. The van der Waals surface area contributed by atoms with Crippen LogP contribution in [0.4, 0.5) is 5.82 Å². The molecule has 0 saturated carbocycles. The number of carbonyl (C=O) groups is 1. The lowest BCUT2D eigenvalue weighted by Crippen LogP contribution is -2.12. The first-order chi connectivity index (χ1) is 11.9. The number of amides is 1. The predicted molar refractivity (Wildman–Crippen MR) is 105 cm³/mol. The van der Waals surface area contributed by atoms with Gasteiger partial charge in [-0.2, -0.15) is 5.10 Å². The molecule has 0 radical (unpaired) electrons. The molecule has 0 atom stereocenters. The van der Waals surface area contributed by atoms with Crippen molar-refractivity contribution in [1.29, 1.82) is 0 Å². The zero-order valence-corrected chi connectivity index (χ0v) is 16.4. The molecule has 1 heterocycles. The van der Waals surface area contributed by atoms with E-state index in [-0.39, 0.29) is 5.91 Å². The van der Waals surface area contributed by atoms with E-state index in [1.54, 1.807) is 28.9 Å². The highest BCUT2D eigenvalue weighted by atomic mass is 79.9. The number of hydrogen-bond donors (Lipinski definition) is 1. The van der Waals surface area contributed by atoms with Gasteiger partial charge in [0.15, 0.2) is 5.82 Å². The molecule has 1 aromatic heterocycles. The number of hydrogen-bond acceptors (Lipinski definition) is 2. The summed E-state index contributed by atoms with van der Waals surface area (Å²) in [6, 6.07) is 14.3. The van der Waals surface area contributed by atoms with Gasteiger partial charge in [-0.05, 0) is 48.9 Å². The molecule has 0 aliphatic carbocycles. The van der Waals surface area contributed by atoms with E-state index in [1.165, 1.54) is 0 Å². The summed E-state index contributed by atoms with van der Waals surface area (Å²) in [5.41, 5.74) is 2.39. The van der Waals surface area contributed by atoms with Crippen molar-refractivity contribution in [3.05, 3.63) is 79.9 Å². The Morgan fingerprint density at radius 1 is 1.16 bits per heavy atom. The lowest BCUT2D eigenvalue weighted by atomic mass is 10.2. The second-order valence-corrected chi connectivity index (χ2v) is 7.28. The fraction of sp³-hybridized carbons (Fsp3) is 0.111. The summed E-state index contributed by atoms with van der Waals surface area (Å²) in [5.74, 6) is 0.289. The molecule has 7 heteroatoms. The third-order valence-corrected chi connectivity index (χ3v) is 4.78. The highest BCUT2D eigenvalue weighted by molar-refractivity contribution is 9.10. The van der Waals surface area contributed by atoms with Gasteiger partial charge >= 0.3 is 0 Å². The molecule has 2 aromatic carbocycles. The van der Waals surface area contributed by atoms with Gasteiger partial charge in [0.05, 0.1) is 6.54 Å². The maximum absolute atomic E-state index is 12.3. The molecule has 128 valence electrons. The van der Waals surface area contributed by atoms with Gasteiger partial charge in [-0.25, -0.2) is 0 Å². The Balaban J connectivity index is 1.75. The van der Waals surface area contributed by atoms with Gasteiger partial charge in [-0.1, -0.05) is 45.2 Å². The van der Waals surface area contributed by atoms with Crippen LogP contribution in [-0.4, -0.2) is 15.7 Å². The van der Waals surface area contributed by atoms with Crippen molar-refractivity contribution in [2.45, 2.75) is 13.5 Å². The molecule has 3 aromatic rings. The number of aromatic nitrogens is 2. The Kier molecular flexibility index (Phi) is 5.47. The van der Waals surface area contributed by atoms with E-state index in [0.717, 1.165) is 15.7 Å². The van der Waals surface area contributed by atoms with Crippen LogP contribution in [0, 0.1) is 6.92 Å². The number of halogens is 3. The van der Waals surface area contributed by atoms with Crippen LogP contribution in [0.25, 0.3) is 0 Å². The van der Waals surface area contributed by atoms with E-state index in [1.807, 2.05) is 31.2 Å². The van der Waals surface area contributed by atoms with Gasteiger partial charge in [0, 0.05) is 31.8 Å². The first-order valence-electron chi connectivity index (χ1n) is 7.47. The normalized spacial score (nSPS) is 10.7. The van der Waals surface area contributed by atoms with E-state index in [4.69, 9.17) is 23.2 Å². The Bertz CT molecular complexity index is 923. The molecule has 3 rings (SSSR count). The van der Waals surface area contributed by atoms with E-state index in [9.17, 15) is 4.79 Å². The summed E-state index contributed by atoms with van der Waals surface area (Å²) >= 11 is 15.5. The van der Waals surface area contributed by atoms with E-state index >= 15 is 0 Å². The first kappa shape index (κ1) is 18.0. The fourth-order valence-corrected chi connectivity index (χ4v) is 3.06. The first-order valence-corrected chi connectivity index (χ1v) is 9.02. The molecular weight excluding hydrogens is 425 g/mol. The molecule has 0 aliphatic heterocycles. The fourth-order valence-electron chi connectivity index (χ4n) is 2.33. The number of nitrogens with zero attached hydrogens (tertiary/aromatic N) is 2. The summed E-state index contributed by atoms with van der Waals surface area (Å²) in [6.45, 7) is 2.42. The molecule has 0 saturated heterocycles. The van der Waals surface area contributed by atoms with Gasteiger partial charge < -0.3 is 5.32 Å². The average Bonchev–Trinajstić information content (AvgIpc) is 2.90. The molecular formula is C18H14BrCl2N3O. The minimum Gasteiger partial charge on any atom is -0.305 e. The maximum atomic E-state index is 12.3. The minimum absolute atomic E-state index is 0.207. The highest BCUT2D eigenvalue weighted by Gasteiger charge is 2.11. The van der Waals surface area contributed by atoms with Gasteiger partial charge in [0.1, 0.15) is 0 Å². The number of anilines is 1. The van der Waals surface area contributed by atoms with E-state index in [0.29, 0.717) is 28.0 Å². The molecule has 4 nitrogen and oxygen atoms in total. The predicted octanol–water partition coefficient (Wildman–Crippen LogP) is 5.56. The smallest absolute Gasteiger partial charge is 0.256 e. The Labute approximate surface area is 163 Å². The van der Waals surface area contributed by atoms with Crippen LogP contribution in [-0.2, 0) is 6.54 Å². The lowest BCUT2D eigenvalue weighted by molar-refractivity contribution is 0.102. The molecule has 25 heavy (non-hydrogen) atoms. The van der Waals surface area contributed by atoms with Crippen LogP contribution in [0.1, 0.15) is 21.6 Å². The molecule has 0 aliphatic rings. The second kappa shape index (κ2) is 7.60. The van der Waals surface area contributed by atoms with Crippen LogP contribution >= 0.6 is 39.1 Å². The third kappa shape index (κ3) is 4.42. The Morgan fingerprint density at radius 3 is 2.56 bits per heavy atom. The van der Waals surface area contributed by atoms with Gasteiger partial charge in [0.25, 0.3) is 5.91 Å². The van der Waals surface area contributed by atoms with Crippen LogP contribution in [0.2, 0.25) is 10.0 Å².